The highest BCUT2D eigenvalue weighted by atomic mass is 16.3. The summed E-state index contributed by atoms with van der Waals surface area (Å²) >= 11 is 0. The molecule has 1 aromatic carbocycles. The smallest absolute Gasteiger partial charge is 0.226 e. The Morgan fingerprint density at radius 3 is 2.53 bits per heavy atom. The van der Waals surface area contributed by atoms with Crippen LogP contribution in [-0.2, 0) is 0 Å². The molecular formula is C15H15N3O. The Balaban J connectivity index is 0.000000637. The normalized spacial score (nSPS) is 9.79. The number of oxazole rings is 1. The molecule has 0 aliphatic carbocycles. The van der Waals surface area contributed by atoms with Gasteiger partial charge in [0, 0.05) is 11.8 Å². The second kappa shape index (κ2) is 5.40. The maximum Gasteiger partial charge on any atom is 0.226 e. The lowest BCUT2D eigenvalue weighted by Crippen LogP contribution is -1.86. The Morgan fingerprint density at radius 2 is 1.89 bits per heavy atom. The van der Waals surface area contributed by atoms with Crippen LogP contribution in [0.5, 0.6) is 0 Å². The van der Waals surface area contributed by atoms with Gasteiger partial charge in [0.1, 0.15) is 17.8 Å². The highest BCUT2D eigenvalue weighted by molar-refractivity contribution is 5.62. The summed E-state index contributed by atoms with van der Waals surface area (Å²) in [6, 6.07) is 9.44. The zero-order valence-corrected chi connectivity index (χ0v) is 11.2. The molecule has 2 heterocycles. The minimum absolute atomic E-state index is 0.644. The van der Waals surface area contributed by atoms with Crippen LogP contribution < -0.4 is 0 Å². The van der Waals surface area contributed by atoms with E-state index in [1.54, 1.807) is 18.4 Å². The zero-order chi connectivity index (χ0) is 13.8. The predicted octanol–water partition coefficient (Wildman–Crippen LogP) is 3.80. The molecule has 0 saturated heterocycles. The molecule has 0 saturated carbocycles. The van der Waals surface area contributed by atoms with Gasteiger partial charge in [-0.25, -0.2) is 4.98 Å². The molecule has 96 valence electrons. The molecule has 4 nitrogen and oxygen atoms in total. The van der Waals surface area contributed by atoms with Crippen molar-refractivity contribution in [3.05, 3.63) is 48.0 Å². The summed E-state index contributed by atoms with van der Waals surface area (Å²) in [6.45, 7) is 5.91. The van der Waals surface area contributed by atoms with Crippen molar-refractivity contribution in [1.29, 1.82) is 5.26 Å². The first kappa shape index (κ1) is 12.9. The van der Waals surface area contributed by atoms with E-state index in [2.05, 4.69) is 11.1 Å². The van der Waals surface area contributed by atoms with Crippen LogP contribution in [0.1, 0.15) is 25.1 Å². The van der Waals surface area contributed by atoms with Crippen molar-refractivity contribution < 1.29 is 4.42 Å². The van der Waals surface area contributed by atoms with Gasteiger partial charge in [0.25, 0.3) is 0 Å². The third-order valence-electron chi connectivity index (χ3n) is 2.69. The molecule has 0 bridgehead atoms. The Morgan fingerprint density at radius 1 is 1.21 bits per heavy atom. The summed E-state index contributed by atoms with van der Waals surface area (Å²) in [5.41, 5.74) is 3.22. The first-order valence-corrected chi connectivity index (χ1v) is 6.22. The number of rotatable bonds is 1. The summed E-state index contributed by atoms with van der Waals surface area (Å²) in [7, 11) is 0. The Hall–Kier alpha value is -2.54. The predicted molar refractivity (Wildman–Crippen MR) is 73.7 cm³/mol. The van der Waals surface area contributed by atoms with E-state index in [4.69, 9.17) is 9.68 Å². The van der Waals surface area contributed by atoms with Gasteiger partial charge in [-0.15, -0.1) is 0 Å². The average molecular weight is 253 g/mol. The minimum atomic E-state index is 0.644. The highest BCUT2D eigenvalue weighted by Gasteiger charge is 2.11. The van der Waals surface area contributed by atoms with Gasteiger partial charge in [0.15, 0.2) is 0 Å². The molecule has 0 radical (unpaired) electrons. The van der Waals surface area contributed by atoms with Crippen LogP contribution in [0, 0.1) is 18.3 Å². The van der Waals surface area contributed by atoms with Crippen molar-refractivity contribution in [1.82, 2.24) is 9.38 Å². The molecule has 0 fully saturated rings. The maximum absolute atomic E-state index is 8.76. The van der Waals surface area contributed by atoms with Gasteiger partial charge in [-0.3, -0.25) is 4.40 Å². The first-order valence-electron chi connectivity index (χ1n) is 6.22. The highest BCUT2D eigenvalue weighted by Crippen LogP contribution is 2.23. The topological polar surface area (TPSA) is 54.2 Å². The van der Waals surface area contributed by atoms with Gasteiger partial charge in [-0.2, -0.15) is 5.26 Å². The molecule has 0 atom stereocenters. The average Bonchev–Trinajstić information content (AvgIpc) is 3.06. The van der Waals surface area contributed by atoms with Crippen molar-refractivity contribution in [2.24, 2.45) is 0 Å². The van der Waals surface area contributed by atoms with E-state index in [-0.39, 0.29) is 0 Å². The second-order valence-corrected chi connectivity index (χ2v) is 3.79. The van der Waals surface area contributed by atoms with Crippen LogP contribution in [0.15, 0.2) is 41.1 Å². The van der Waals surface area contributed by atoms with Crippen LogP contribution >= 0.6 is 0 Å². The lowest BCUT2D eigenvalue weighted by Gasteiger charge is -1.97. The van der Waals surface area contributed by atoms with Crippen molar-refractivity contribution in [3.8, 4) is 17.5 Å². The summed E-state index contributed by atoms with van der Waals surface area (Å²) in [5.74, 6) is 0.829. The van der Waals surface area contributed by atoms with Gasteiger partial charge >= 0.3 is 0 Å². The molecule has 3 aromatic rings. The standard InChI is InChI=1S/C13H9N3O.C2H6/c1-9-13-16(6-7-17-13)12(15-9)11-4-2-10(8-14)3-5-11;1-2/h2-7H,1H3;1-2H3. The number of nitrogens with zero attached hydrogens (tertiary/aromatic N) is 3. The quantitative estimate of drug-likeness (QED) is 0.662. The molecule has 0 aliphatic heterocycles. The van der Waals surface area contributed by atoms with Gasteiger partial charge in [-0.1, -0.05) is 13.8 Å². The Labute approximate surface area is 111 Å². The summed E-state index contributed by atoms with van der Waals surface area (Å²) in [4.78, 5) is 4.46. The number of hydrogen-bond acceptors (Lipinski definition) is 3. The van der Waals surface area contributed by atoms with E-state index in [1.165, 1.54) is 0 Å². The first-order chi connectivity index (χ1) is 9.29. The number of nitriles is 1. The number of aromatic nitrogens is 2. The number of fused-ring (bicyclic) bond motifs is 1. The van der Waals surface area contributed by atoms with Gasteiger partial charge < -0.3 is 4.42 Å². The van der Waals surface area contributed by atoms with Crippen molar-refractivity contribution in [2.45, 2.75) is 20.8 Å². The number of benzene rings is 1. The molecule has 2 aromatic heterocycles. The molecule has 4 heteroatoms. The number of hydrogen-bond donors (Lipinski definition) is 0. The third kappa shape index (κ3) is 2.23. The minimum Gasteiger partial charge on any atom is -0.445 e. The van der Waals surface area contributed by atoms with Crippen LogP contribution in [0.25, 0.3) is 17.1 Å². The van der Waals surface area contributed by atoms with E-state index in [1.807, 2.05) is 43.5 Å². The summed E-state index contributed by atoms with van der Waals surface area (Å²) in [5, 5.41) is 8.76. The molecule has 0 spiro atoms. The molecule has 0 amide bonds. The van der Waals surface area contributed by atoms with E-state index >= 15 is 0 Å². The monoisotopic (exact) mass is 253 g/mol. The molecule has 3 rings (SSSR count). The lowest BCUT2D eigenvalue weighted by molar-refractivity contribution is 0.605. The molecule has 19 heavy (non-hydrogen) atoms. The van der Waals surface area contributed by atoms with Gasteiger partial charge in [-0.05, 0) is 31.2 Å². The SMILES string of the molecule is CC.Cc1nc(-c2ccc(C#N)cc2)n2ccoc12. The van der Waals surface area contributed by atoms with Crippen molar-refractivity contribution in [2.75, 3.05) is 0 Å². The fourth-order valence-electron chi connectivity index (χ4n) is 1.86. The maximum atomic E-state index is 8.76. The van der Waals surface area contributed by atoms with E-state index in [9.17, 15) is 0 Å². The fourth-order valence-corrected chi connectivity index (χ4v) is 1.86. The van der Waals surface area contributed by atoms with E-state index in [0.29, 0.717) is 5.56 Å². The molecule has 0 N–H and O–H groups in total. The van der Waals surface area contributed by atoms with Crippen molar-refractivity contribution >= 4 is 5.71 Å². The molecular weight excluding hydrogens is 238 g/mol. The fraction of sp³-hybridized carbons (Fsp3) is 0.200. The number of aryl methyl sites for hydroxylation is 1. The van der Waals surface area contributed by atoms with E-state index < -0.39 is 0 Å². The second-order valence-electron chi connectivity index (χ2n) is 3.79. The van der Waals surface area contributed by atoms with Crippen molar-refractivity contribution in [3.63, 3.8) is 0 Å². The van der Waals surface area contributed by atoms with Crippen LogP contribution in [0.4, 0.5) is 0 Å². The summed E-state index contributed by atoms with van der Waals surface area (Å²) in [6.07, 6.45) is 3.47. The summed E-state index contributed by atoms with van der Waals surface area (Å²) < 4.78 is 7.24. The number of imidazole rings is 1. The lowest BCUT2D eigenvalue weighted by atomic mass is 10.1. The Kier molecular flexibility index (Phi) is 3.67. The van der Waals surface area contributed by atoms with Crippen LogP contribution in [-0.4, -0.2) is 9.38 Å². The third-order valence-corrected chi connectivity index (χ3v) is 2.69. The largest absolute Gasteiger partial charge is 0.445 e. The Bertz CT molecular complexity index is 714. The van der Waals surface area contributed by atoms with Crippen LogP contribution in [0.2, 0.25) is 0 Å². The molecule has 0 aliphatic rings. The van der Waals surface area contributed by atoms with E-state index in [0.717, 1.165) is 22.8 Å². The van der Waals surface area contributed by atoms with Crippen LogP contribution in [0.3, 0.4) is 0 Å². The van der Waals surface area contributed by atoms with Gasteiger partial charge in [0.2, 0.25) is 5.71 Å². The zero-order valence-electron chi connectivity index (χ0n) is 11.2. The van der Waals surface area contributed by atoms with Gasteiger partial charge in [0.05, 0.1) is 11.6 Å². The molecule has 0 unspecified atom stereocenters.